The first-order valence-electron chi connectivity index (χ1n) is 11.5. The van der Waals surface area contributed by atoms with E-state index >= 15 is 0 Å². The van der Waals surface area contributed by atoms with Crippen molar-refractivity contribution >= 4 is 58.2 Å². The summed E-state index contributed by atoms with van der Waals surface area (Å²) in [7, 11) is 0. The molecule has 0 radical (unpaired) electrons. The van der Waals surface area contributed by atoms with Crippen LogP contribution in [-0.4, -0.2) is 48.0 Å². The van der Waals surface area contributed by atoms with Crippen LogP contribution in [0, 0.1) is 0 Å². The molecule has 2 aromatic carbocycles. The lowest BCUT2D eigenvalue weighted by atomic mass is 10.0. The highest BCUT2D eigenvalue weighted by molar-refractivity contribution is 7.80. The van der Waals surface area contributed by atoms with Gasteiger partial charge in [0.15, 0.2) is 5.11 Å². The molecule has 2 N–H and O–H groups in total. The van der Waals surface area contributed by atoms with Gasteiger partial charge in [0.25, 0.3) is 0 Å². The maximum atomic E-state index is 12.4. The third kappa shape index (κ3) is 7.05. The van der Waals surface area contributed by atoms with Gasteiger partial charge in [-0.15, -0.1) is 0 Å². The van der Waals surface area contributed by atoms with Crippen molar-refractivity contribution in [2.45, 2.75) is 33.1 Å². The van der Waals surface area contributed by atoms with E-state index in [1.807, 2.05) is 36.1 Å². The lowest BCUT2D eigenvalue weighted by molar-refractivity contribution is -0.131. The first kappa shape index (κ1) is 25.7. The van der Waals surface area contributed by atoms with Crippen LogP contribution in [0.4, 0.5) is 11.4 Å². The van der Waals surface area contributed by atoms with E-state index in [4.69, 9.17) is 23.8 Å². The van der Waals surface area contributed by atoms with Crippen LogP contribution in [0.15, 0.2) is 48.5 Å². The molecule has 0 saturated carbocycles. The smallest absolute Gasteiger partial charge is 0.250 e. The molecule has 1 saturated heterocycles. The zero-order valence-corrected chi connectivity index (χ0v) is 21.4. The van der Waals surface area contributed by atoms with Gasteiger partial charge in [-0.05, 0) is 53.5 Å². The number of hydrogen-bond donors (Lipinski definition) is 2. The van der Waals surface area contributed by atoms with Crippen LogP contribution in [0.5, 0.6) is 0 Å². The third-order valence-electron chi connectivity index (χ3n) is 5.75. The lowest BCUT2D eigenvalue weighted by Gasteiger charge is -2.37. The topological polar surface area (TPSA) is 64.7 Å². The first-order valence-corrected chi connectivity index (χ1v) is 12.3. The molecule has 0 bridgehead atoms. The maximum absolute atomic E-state index is 12.4. The average molecular weight is 499 g/mol. The van der Waals surface area contributed by atoms with E-state index in [9.17, 15) is 9.59 Å². The molecule has 2 aromatic rings. The summed E-state index contributed by atoms with van der Waals surface area (Å²) in [6, 6.07) is 13.6. The quantitative estimate of drug-likeness (QED) is 0.431. The number of nitrogens with one attached hydrogen (secondary N) is 2. The van der Waals surface area contributed by atoms with E-state index in [0.29, 0.717) is 49.2 Å². The molecule has 1 aliphatic rings. The summed E-state index contributed by atoms with van der Waals surface area (Å²) in [5.74, 6) is 0.312. The Morgan fingerprint density at radius 3 is 2.38 bits per heavy atom. The van der Waals surface area contributed by atoms with Crippen LogP contribution in [0.2, 0.25) is 5.02 Å². The lowest BCUT2D eigenvalue weighted by Crippen LogP contribution is -2.48. The zero-order valence-electron chi connectivity index (χ0n) is 19.8. The number of rotatable bonds is 6. The fourth-order valence-corrected chi connectivity index (χ4v) is 4.16. The van der Waals surface area contributed by atoms with E-state index < -0.39 is 0 Å². The molecule has 2 amide bonds. The standard InChI is InChI=1S/C26H31ClN4O2S/c1-4-25(33)31-15-13-30(14-16-31)23-11-10-21(27)17-22(23)28-26(34)29-24(32)12-7-19-5-8-20(9-6-19)18(2)3/h5-12,17-18H,4,13-16H2,1-3H3,(H2,28,29,32,34). The number of benzene rings is 2. The number of amides is 2. The molecule has 1 aliphatic heterocycles. The summed E-state index contributed by atoms with van der Waals surface area (Å²) in [5.41, 5.74) is 3.82. The van der Waals surface area contributed by atoms with Gasteiger partial charge in [0.2, 0.25) is 11.8 Å². The van der Waals surface area contributed by atoms with Crippen LogP contribution in [0.1, 0.15) is 44.2 Å². The van der Waals surface area contributed by atoms with E-state index in [2.05, 4.69) is 41.5 Å². The van der Waals surface area contributed by atoms with E-state index in [1.165, 1.54) is 11.6 Å². The van der Waals surface area contributed by atoms with Crippen LogP contribution in [-0.2, 0) is 9.59 Å². The average Bonchev–Trinajstić information content (AvgIpc) is 2.82. The zero-order chi connectivity index (χ0) is 24.7. The number of carbonyl (C=O) groups is 2. The number of piperazine rings is 1. The molecule has 0 aliphatic carbocycles. The summed E-state index contributed by atoms with van der Waals surface area (Å²) in [4.78, 5) is 28.4. The summed E-state index contributed by atoms with van der Waals surface area (Å²) in [6.45, 7) is 8.91. The van der Waals surface area contributed by atoms with Crippen molar-refractivity contribution in [1.29, 1.82) is 0 Å². The van der Waals surface area contributed by atoms with Crippen molar-refractivity contribution in [2.24, 2.45) is 0 Å². The van der Waals surface area contributed by atoms with Gasteiger partial charge in [0, 0.05) is 43.7 Å². The molecule has 34 heavy (non-hydrogen) atoms. The summed E-state index contributed by atoms with van der Waals surface area (Å²) < 4.78 is 0. The minimum Gasteiger partial charge on any atom is -0.366 e. The number of anilines is 2. The molecular formula is C26H31ClN4O2S. The van der Waals surface area contributed by atoms with Crippen molar-refractivity contribution < 1.29 is 9.59 Å². The highest BCUT2D eigenvalue weighted by Crippen LogP contribution is 2.30. The molecule has 0 aromatic heterocycles. The van der Waals surface area contributed by atoms with Crippen molar-refractivity contribution in [2.75, 3.05) is 36.4 Å². The van der Waals surface area contributed by atoms with Gasteiger partial charge in [-0.25, -0.2) is 0 Å². The molecule has 6 nitrogen and oxygen atoms in total. The van der Waals surface area contributed by atoms with E-state index in [0.717, 1.165) is 11.3 Å². The molecule has 0 spiro atoms. The Kier molecular flexibility index (Phi) is 9.07. The van der Waals surface area contributed by atoms with Crippen molar-refractivity contribution in [3.63, 3.8) is 0 Å². The number of nitrogens with zero attached hydrogens (tertiary/aromatic N) is 2. The van der Waals surface area contributed by atoms with Gasteiger partial charge < -0.3 is 15.1 Å². The predicted octanol–water partition coefficient (Wildman–Crippen LogP) is 5.05. The fraction of sp³-hybridized carbons (Fsp3) is 0.346. The second kappa shape index (κ2) is 12.0. The second-order valence-electron chi connectivity index (χ2n) is 8.48. The summed E-state index contributed by atoms with van der Waals surface area (Å²) in [5, 5.41) is 6.54. The molecule has 8 heteroatoms. The minimum atomic E-state index is -0.319. The monoisotopic (exact) mass is 498 g/mol. The Morgan fingerprint density at radius 2 is 1.76 bits per heavy atom. The largest absolute Gasteiger partial charge is 0.366 e. The van der Waals surface area contributed by atoms with Crippen LogP contribution in [0.3, 0.4) is 0 Å². The number of halogens is 1. The SMILES string of the molecule is CCC(=O)N1CCN(c2ccc(Cl)cc2NC(=S)NC(=O)C=Cc2ccc(C(C)C)cc2)CC1. The molecule has 1 fully saturated rings. The molecule has 0 atom stereocenters. The summed E-state index contributed by atoms with van der Waals surface area (Å²) >= 11 is 11.6. The molecular weight excluding hydrogens is 468 g/mol. The van der Waals surface area contributed by atoms with Crippen LogP contribution < -0.4 is 15.5 Å². The van der Waals surface area contributed by atoms with E-state index in [-0.39, 0.29) is 16.9 Å². The number of hydrogen-bond acceptors (Lipinski definition) is 4. The normalized spacial score (nSPS) is 13.9. The Morgan fingerprint density at radius 1 is 1.09 bits per heavy atom. The van der Waals surface area contributed by atoms with Gasteiger partial charge in [-0.1, -0.05) is 56.6 Å². The number of thiocarbonyl (C=S) groups is 1. The van der Waals surface area contributed by atoms with Crippen molar-refractivity contribution in [3.8, 4) is 0 Å². The Labute approximate surface area is 212 Å². The molecule has 1 heterocycles. The van der Waals surface area contributed by atoms with Gasteiger partial charge in [0.05, 0.1) is 11.4 Å². The second-order valence-corrected chi connectivity index (χ2v) is 9.33. The third-order valence-corrected chi connectivity index (χ3v) is 6.19. The van der Waals surface area contributed by atoms with Crippen molar-refractivity contribution in [1.82, 2.24) is 10.2 Å². The van der Waals surface area contributed by atoms with E-state index in [1.54, 1.807) is 12.1 Å². The van der Waals surface area contributed by atoms with Gasteiger partial charge in [0.1, 0.15) is 0 Å². The first-order chi connectivity index (χ1) is 16.3. The van der Waals surface area contributed by atoms with Gasteiger partial charge in [-0.2, -0.15) is 0 Å². The summed E-state index contributed by atoms with van der Waals surface area (Å²) in [6.07, 6.45) is 3.73. The maximum Gasteiger partial charge on any atom is 0.250 e. The number of carbonyl (C=O) groups excluding carboxylic acids is 2. The fourth-order valence-electron chi connectivity index (χ4n) is 3.78. The Balaban J connectivity index is 1.60. The molecule has 3 rings (SSSR count). The molecule has 180 valence electrons. The van der Waals surface area contributed by atoms with Gasteiger partial charge >= 0.3 is 0 Å². The van der Waals surface area contributed by atoms with Crippen LogP contribution in [0.25, 0.3) is 6.08 Å². The Bertz CT molecular complexity index is 1060. The predicted molar refractivity (Wildman–Crippen MR) is 144 cm³/mol. The minimum absolute atomic E-state index is 0.168. The van der Waals surface area contributed by atoms with Crippen molar-refractivity contribution in [3.05, 3.63) is 64.7 Å². The van der Waals surface area contributed by atoms with Gasteiger partial charge in [-0.3, -0.25) is 14.9 Å². The Hall–Kier alpha value is -2.90. The molecule has 0 unspecified atom stereocenters. The highest BCUT2D eigenvalue weighted by Gasteiger charge is 2.22. The highest BCUT2D eigenvalue weighted by atomic mass is 35.5. The van der Waals surface area contributed by atoms with Crippen LogP contribution >= 0.6 is 23.8 Å².